The van der Waals surface area contributed by atoms with Crippen molar-refractivity contribution in [2.75, 3.05) is 24.7 Å². The fourth-order valence-corrected chi connectivity index (χ4v) is 2.28. The van der Waals surface area contributed by atoms with Gasteiger partial charge in [0.2, 0.25) is 0 Å². The highest BCUT2D eigenvalue weighted by molar-refractivity contribution is 7.99. The molecule has 0 aromatic heterocycles. The molecule has 2 atom stereocenters. The summed E-state index contributed by atoms with van der Waals surface area (Å²) in [5.41, 5.74) is 5.35. The minimum Gasteiger partial charge on any atom is -0.480 e. The fraction of sp³-hybridized carbons (Fsp3) is 0.875. The lowest BCUT2D eigenvalue weighted by Crippen LogP contribution is -2.32. The maximum atomic E-state index is 10.4. The normalized spacial score (nSPS) is 24.5. The van der Waals surface area contributed by atoms with Gasteiger partial charge < -0.3 is 15.6 Å². The molecule has 1 aliphatic rings. The highest BCUT2D eigenvalue weighted by atomic mass is 32.2. The van der Waals surface area contributed by atoms with Crippen molar-refractivity contribution in [2.45, 2.75) is 12.5 Å². The van der Waals surface area contributed by atoms with Gasteiger partial charge in [-0.25, -0.2) is 0 Å². The van der Waals surface area contributed by atoms with Crippen LogP contribution in [0.1, 0.15) is 6.42 Å². The van der Waals surface area contributed by atoms with E-state index in [1.807, 2.05) is 0 Å². The number of nitrogens with two attached hydrogens (primary N) is 1. The second kappa shape index (κ2) is 5.47. The smallest absolute Gasteiger partial charge is 0.321 e. The van der Waals surface area contributed by atoms with Gasteiger partial charge in [-0.1, -0.05) is 0 Å². The van der Waals surface area contributed by atoms with E-state index in [1.165, 1.54) is 0 Å². The molecule has 1 fully saturated rings. The maximum Gasteiger partial charge on any atom is 0.321 e. The van der Waals surface area contributed by atoms with E-state index in [2.05, 4.69) is 0 Å². The topological polar surface area (TPSA) is 72.5 Å². The van der Waals surface area contributed by atoms with Crippen molar-refractivity contribution in [1.29, 1.82) is 0 Å². The Balaban J connectivity index is 2.02. The van der Waals surface area contributed by atoms with Crippen molar-refractivity contribution in [3.05, 3.63) is 0 Å². The highest BCUT2D eigenvalue weighted by Crippen LogP contribution is 2.18. The first-order valence-electron chi connectivity index (χ1n) is 4.34. The minimum atomic E-state index is -0.921. The number of carboxylic acid groups (broad SMARTS) is 1. The van der Waals surface area contributed by atoms with Gasteiger partial charge in [-0.15, -0.1) is 0 Å². The third-order valence-electron chi connectivity index (χ3n) is 1.99. The highest BCUT2D eigenvalue weighted by Gasteiger charge is 2.17. The van der Waals surface area contributed by atoms with Crippen molar-refractivity contribution in [2.24, 2.45) is 11.7 Å². The van der Waals surface area contributed by atoms with Crippen LogP contribution in [0.5, 0.6) is 0 Å². The molecule has 3 N–H and O–H groups in total. The standard InChI is InChI=1S/C8H15NO3S/c9-7(8(10)11)5-13-4-6-1-2-12-3-6/h6-7H,1-5,9H2,(H,10,11)/t6?,7-/m1/s1. The fourth-order valence-electron chi connectivity index (χ4n) is 1.15. The predicted molar refractivity (Wildman–Crippen MR) is 51.9 cm³/mol. The summed E-state index contributed by atoms with van der Waals surface area (Å²) in [6, 6.07) is -0.729. The molecule has 1 unspecified atom stereocenters. The number of aliphatic carboxylic acids is 1. The molecule has 13 heavy (non-hydrogen) atoms. The molecule has 1 saturated heterocycles. The molecule has 5 heteroatoms. The zero-order valence-electron chi connectivity index (χ0n) is 7.44. The Hall–Kier alpha value is -0.260. The number of rotatable bonds is 5. The molecular weight excluding hydrogens is 190 g/mol. The van der Waals surface area contributed by atoms with Gasteiger partial charge in [0.15, 0.2) is 0 Å². The van der Waals surface area contributed by atoms with Crippen molar-refractivity contribution >= 4 is 17.7 Å². The molecule has 0 amide bonds. The third kappa shape index (κ3) is 3.97. The molecular formula is C8H15NO3S. The van der Waals surface area contributed by atoms with Gasteiger partial charge >= 0.3 is 5.97 Å². The first-order valence-corrected chi connectivity index (χ1v) is 5.49. The van der Waals surface area contributed by atoms with Crippen molar-refractivity contribution in [3.8, 4) is 0 Å². The van der Waals surface area contributed by atoms with E-state index in [0.29, 0.717) is 11.7 Å². The summed E-state index contributed by atoms with van der Waals surface area (Å²) in [4.78, 5) is 10.4. The summed E-state index contributed by atoms with van der Waals surface area (Å²) >= 11 is 1.60. The molecule has 0 aromatic rings. The molecule has 0 aromatic carbocycles. The van der Waals surface area contributed by atoms with Gasteiger partial charge in [-0.3, -0.25) is 4.79 Å². The third-order valence-corrected chi connectivity index (χ3v) is 3.29. The lowest BCUT2D eigenvalue weighted by molar-refractivity contribution is -0.137. The van der Waals surface area contributed by atoms with Crippen LogP contribution in [-0.2, 0) is 9.53 Å². The summed E-state index contributed by atoms with van der Waals surface area (Å²) in [6.07, 6.45) is 1.09. The van der Waals surface area contributed by atoms with Gasteiger partial charge in [-0.2, -0.15) is 11.8 Å². The van der Waals surface area contributed by atoms with E-state index in [9.17, 15) is 4.79 Å². The average molecular weight is 205 g/mol. The van der Waals surface area contributed by atoms with E-state index in [4.69, 9.17) is 15.6 Å². The molecule has 1 aliphatic heterocycles. The second-order valence-corrected chi connectivity index (χ2v) is 4.29. The number of thioether (sulfide) groups is 1. The molecule has 1 rings (SSSR count). The Labute approximate surface area is 81.8 Å². The van der Waals surface area contributed by atoms with Gasteiger partial charge in [0.25, 0.3) is 0 Å². The first-order chi connectivity index (χ1) is 6.20. The first kappa shape index (κ1) is 10.8. The number of ether oxygens (including phenoxy) is 1. The molecule has 0 saturated carbocycles. The van der Waals surface area contributed by atoms with Crippen molar-refractivity contribution < 1.29 is 14.6 Å². The Morgan fingerprint density at radius 2 is 2.54 bits per heavy atom. The molecule has 1 heterocycles. The van der Waals surface area contributed by atoms with Crippen LogP contribution in [0.15, 0.2) is 0 Å². The Morgan fingerprint density at radius 3 is 3.08 bits per heavy atom. The number of hydrogen-bond acceptors (Lipinski definition) is 4. The molecule has 76 valence electrons. The lowest BCUT2D eigenvalue weighted by atomic mass is 10.2. The molecule has 0 radical (unpaired) electrons. The van der Waals surface area contributed by atoms with Gasteiger partial charge in [0, 0.05) is 12.4 Å². The van der Waals surface area contributed by atoms with Crippen LogP contribution in [0.25, 0.3) is 0 Å². The van der Waals surface area contributed by atoms with Crippen LogP contribution in [-0.4, -0.2) is 41.8 Å². The number of carbonyl (C=O) groups is 1. The zero-order chi connectivity index (χ0) is 9.68. The van der Waals surface area contributed by atoms with E-state index in [0.717, 1.165) is 25.4 Å². The molecule has 0 bridgehead atoms. The summed E-state index contributed by atoms with van der Waals surface area (Å²) in [5, 5.41) is 8.51. The van der Waals surface area contributed by atoms with Gasteiger partial charge in [-0.05, 0) is 18.1 Å². The molecule has 0 aliphatic carbocycles. The predicted octanol–water partition coefficient (Wildman–Crippen LogP) is 0.168. The van der Waals surface area contributed by atoms with E-state index < -0.39 is 12.0 Å². The maximum absolute atomic E-state index is 10.4. The average Bonchev–Trinajstić information content (AvgIpc) is 2.56. The molecule has 0 spiro atoms. The number of carboxylic acids is 1. The molecule has 4 nitrogen and oxygen atoms in total. The Bertz CT molecular complexity index is 171. The summed E-state index contributed by atoms with van der Waals surface area (Å²) in [7, 11) is 0. The zero-order valence-corrected chi connectivity index (χ0v) is 8.26. The van der Waals surface area contributed by atoms with Crippen LogP contribution in [0, 0.1) is 5.92 Å². The van der Waals surface area contributed by atoms with Crippen LogP contribution < -0.4 is 5.73 Å². The monoisotopic (exact) mass is 205 g/mol. The van der Waals surface area contributed by atoms with Crippen molar-refractivity contribution in [3.63, 3.8) is 0 Å². The van der Waals surface area contributed by atoms with Crippen molar-refractivity contribution in [1.82, 2.24) is 0 Å². The summed E-state index contributed by atoms with van der Waals surface area (Å²) in [6.45, 7) is 1.66. The Kier molecular flexibility index (Phi) is 4.55. The van der Waals surface area contributed by atoms with Gasteiger partial charge in [0.1, 0.15) is 6.04 Å². The van der Waals surface area contributed by atoms with E-state index >= 15 is 0 Å². The largest absolute Gasteiger partial charge is 0.480 e. The summed E-state index contributed by atoms with van der Waals surface area (Å²) < 4.78 is 5.20. The minimum absolute atomic E-state index is 0.492. The number of hydrogen-bond donors (Lipinski definition) is 2. The van der Waals surface area contributed by atoms with Gasteiger partial charge in [0.05, 0.1) is 6.61 Å². The lowest BCUT2D eigenvalue weighted by Gasteiger charge is -2.08. The van der Waals surface area contributed by atoms with E-state index in [1.54, 1.807) is 11.8 Å². The van der Waals surface area contributed by atoms with Crippen LogP contribution in [0.2, 0.25) is 0 Å². The second-order valence-electron chi connectivity index (χ2n) is 3.21. The van der Waals surface area contributed by atoms with Crippen LogP contribution >= 0.6 is 11.8 Å². The van der Waals surface area contributed by atoms with Crippen LogP contribution in [0.3, 0.4) is 0 Å². The van der Waals surface area contributed by atoms with E-state index in [-0.39, 0.29) is 0 Å². The SMILES string of the molecule is N[C@H](CSCC1CCOC1)C(=O)O. The summed E-state index contributed by atoms with van der Waals surface area (Å²) in [5.74, 6) is 1.12. The Morgan fingerprint density at radius 1 is 1.77 bits per heavy atom. The quantitative estimate of drug-likeness (QED) is 0.669. The van der Waals surface area contributed by atoms with Crippen LogP contribution in [0.4, 0.5) is 0 Å².